The number of pyridine rings is 1. The first-order valence-electron chi connectivity index (χ1n) is 9.50. The normalized spacial score (nSPS) is 18.3. The van der Waals surface area contributed by atoms with E-state index in [9.17, 15) is 18.0 Å². The van der Waals surface area contributed by atoms with Crippen LogP contribution < -0.4 is 16.4 Å². The summed E-state index contributed by atoms with van der Waals surface area (Å²) in [6.07, 6.45) is 2.28. The van der Waals surface area contributed by atoms with E-state index in [2.05, 4.69) is 25.6 Å². The molecule has 0 bridgehead atoms. The van der Waals surface area contributed by atoms with Crippen molar-refractivity contribution in [3.8, 4) is 0 Å². The van der Waals surface area contributed by atoms with E-state index >= 15 is 0 Å². The molecule has 3 heterocycles. The maximum absolute atomic E-state index is 13.0. The minimum atomic E-state index is -4.49. The highest BCUT2D eigenvalue weighted by Crippen LogP contribution is 2.30. The van der Waals surface area contributed by atoms with Gasteiger partial charge in [0, 0.05) is 30.7 Å². The van der Waals surface area contributed by atoms with Crippen LogP contribution in [0.25, 0.3) is 5.65 Å². The number of nitrogens with one attached hydrogen (secondary N) is 2. The smallest absolute Gasteiger partial charge is 0.368 e. The summed E-state index contributed by atoms with van der Waals surface area (Å²) in [5.74, 6) is 0.407. The Morgan fingerprint density at radius 3 is 2.31 bits per heavy atom. The molecule has 3 aromatic rings. The molecule has 174 valence electrons. The van der Waals surface area contributed by atoms with Gasteiger partial charge in [-0.1, -0.05) is 20.9 Å². The fourth-order valence-corrected chi connectivity index (χ4v) is 3.58. The average molecular weight is 451 g/mol. The molecular weight excluding hydrogens is 423 g/mol. The van der Waals surface area contributed by atoms with Crippen molar-refractivity contribution in [3.63, 3.8) is 0 Å². The van der Waals surface area contributed by atoms with Crippen molar-refractivity contribution in [2.75, 3.05) is 11.1 Å². The van der Waals surface area contributed by atoms with Crippen LogP contribution in [0.15, 0.2) is 36.8 Å². The Hall–Kier alpha value is -3.37. The summed E-state index contributed by atoms with van der Waals surface area (Å²) in [5, 5.41) is 6.27. The quantitative estimate of drug-likeness (QED) is 0.550. The highest BCUT2D eigenvalue weighted by Gasteiger charge is 2.34. The second-order valence-electron chi connectivity index (χ2n) is 7.26. The summed E-state index contributed by atoms with van der Waals surface area (Å²) in [4.78, 5) is 23.5. The van der Waals surface area contributed by atoms with Gasteiger partial charge in [0.1, 0.15) is 11.5 Å². The molecule has 1 aliphatic rings. The molecule has 0 atom stereocenters. The Morgan fingerprint density at radius 1 is 1.06 bits per heavy atom. The van der Waals surface area contributed by atoms with Crippen molar-refractivity contribution < 1.29 is 18.0 Å². The Kier molecular flexibility index (Phi) is 7.65. The fourth-order valence-electron chi connectivity index (χ4n) is 3.58. The second-order valence-corrected chi connectivity index (χ2v) is 7.26. The van der Waals surface area contributed by atoms with Crippen molar-refractivity contribution in [1.29, 1.82) is 0 Å². The molecule has 0 spiro atoms. The summed E-state index contributed by atoms with van der Waals surface area (Å²) >= 11 is 0. The number of aromatic nitrogens is 4. The maximum Gasteiger partial charge on any atom is 0.434 e. The van der Waals surface area contributed by atoms with Crippen LogP contribution in [0, 0.1) is 0 Å². The number of rotatable bonds is 4. The van der Waals surface area contributed by atoms with E-state index in [1.165, 1.54) is 22.9 Å². The number of carbonyl (C=O) groups excluding carboxylic acids is 1. The highest BCUT2D eigenvalue weighted by molar-refractivity contribution is 5.93. The van der Waals surface area contributed by atoms with Gasteiger partial charge < -0.3 is 16.4 Å². The SMILES string of the molecule is C.C.Nc1ncc(C(=O)NC2CCC(Nc3cccc4nc(C(F)(F)F)cn34)CC2)cn1. The van der Waals surface area contributed by atoms with Crippen LogP contribution in [-0.4, -0.2) is 37.3 Å². The average Bonchev–Trinajstić information content (AvgIpc) is 3.16. The summed E-state index contributed by atoms with van der Waals surface area (Å²) in [6.45, 7) is 0. The maximum atomic E-state index is 13.0. The van der Waals surface area contributed by atoms with Crippen LogP contribution >= 0.6 is 0 Å². The first kappa shape index (κ1) is 24.9. The first-order chi connectivity index (χ1) is 14.3. The summed E-state index contributed by atoms with van der Waals surface area (Å²) in [5.41, 5.74) is 5.08. The predicted molar refractivity (Wildman–Crippen MR) is 117 cm³/mol. The standard InChI is InChI=1S/C19H20F3N7O.2CH4/c20-19(21,22)14-10-29-15(2-1-3-16(29)28-14)26-12-4-6-13(7-5-12)27-17(30)11-8-24-18(23)25-9-11;;/h1-3,8-10,12-13,26H,4-7H2,(H,27,30)(H2,23,24,25);2*1H4. The number of anilines is 2. The van der Waals surface area contributed by atoms with Gasteiger partial charge in [-0.05, 0) is 37.8 Å². The number of amides is 1. The van der Waals surface area contributed by atoms with Crippen LogP contribution in [0.3, 0.4) is 0 Å². The van der Waals surface area contributed by atoms with Crippen molar-refractivity contribution in [1.82, 2.24) is 24.7 Å². The van der Waals surface area contributed by atoms with E-state index < -0.39 is 11.9 Å². The molecule has 1 fully saturated rings. The Labute approximate surface area is 184 Å². The number of hydrogen-bond acceptors (Lipinski definition) is 6. The molecule has 0 aromatic carbocycles. The lowest BCUT2D eigenvalue weighted by Gasteiger charge is -2.30. The van der Waals surface area contributed by atoms with E-state index in [1.807, 2.05) is 0 Å². The molecule has 0 saturated heterocycles. The van der Waals surface area contributed by atoms with Gasteiger partial charge in [-0.25, -0.2) is 15.0 Å². The molecule has 8 nitrogen and oxygen atoms in total. The van der Waals surface area contributed by atoms with Crippen LogP contribution in [0.4, 0.5) is 24.9 Å². The van der Waals surface area contributed by atoms with Gasteiger partial charge in [0.2, 0.25) is 5.95 Å². The Balaban J connectivity index is 0.00000181. The van der Waals surface area contributed by atoms with Gasteiger partial charge in [-0.15, -0.1) is 0 Å². The molecule has 3 aromatic heterocycles. The zero-order valence-corrected chi connectivity index (χ0v) is 15.9. The molecule has 32 heavy (non-hydrogen) atoms. The van der Waals surface area contributed by atoms with Gasteiger partial charge in [0.25, 0.3) is 5.91 Å². The molecule has 1 amide bonds. The number of nitrogen functional groups attached to an aromatic ring is 1. The minimum Gasteiger partial charge on any atom is -0.368 e. The van der Waals surface area contributed by atoms with Gasteiger partial charge in [0.05, 0.1) is 5.56 Å². The van der Waals surface area contributed by atoms with E-state index in [-0.39, 0.29) is 44.4 Å². The van der Waals surface area contributed by atoms with Crippen LogP contribution in [0.2, 0.25) is 0 Å². The number of halogens is 3. The molecule has 1 aliphatic carbocycles. The molecule has 4 N–H and O–H groups in total. The number of carbonyl (C=O) groups is 1. The van der Waals surface area contributed by atoms with Gasteiger partial charge in [-0.3, -0.25) is 9.20 Å². The van der Waals surface area contributed by atoms with Crippen molar-refractivity contribution in [2.24, 2.45) is 0 Å². The topological polar surface area (TPSA) is 110 Å². The monoisotopic (exact) mass is 451 g/mol. The number of hydrogen-bond donors (Lipinski definition) is 3. The van der Waals surface area contributed by atoms with Gasteiger partial charge >= 0.3 is 6.18 Å². The van der Waals surface area contributed by atoms with E-state index in [0.717, 1.165) is 31.9 Å². The summed E-state index contributed by atoms with van der Waals surface area (Å²) in [6, 6.07) is 5.03. The molecule has 11 heteroatoms. The lowest BCUT2D eigenvalue weighted by atomic mass is 9.91. The van der Waals surface area contributed by atoms with Crippen molar-refractivity contribution in [3.05, 3.63) is 48.0 Å². The van der Waals surface area contributed by atoms with Crippen LogP contribution in [0.1, 0.15) is 56.6 Å². The van der Waals surface area contributed by atoms with Crippen molar-refractivity contribution in [2.45, 2.75) is 58.8 Å². The third-order valence-corrected chi connectivity index (χ3v) is 5.13. The van der Waals surface area contributed by atoms with Gasteiger partial charge in [-0.2, -0.15) is 13.2 Å². The zero-order valence-electron chi connectivity index (χ0n) is 15.9. The largest absolute Gasteiger partial charge is 0.434 e. The Bertz CT molecular complexity index is 1040. The zero-order chi connectivity index (χ0) is 21.3. The van der Waals surface area contributed by atoms with E-state index in [1.54, 1.807) is 12.1 Å². The lowest BCUT2D eigenvalue weighted by molar-refractivity contribution is -0.140. The molecule has 0 unspecified atom stereocenters. The van der Waals surface area contributed by atoms with Gasteiger partial charge in [0.15, 0.2) is 5.69 Å². The number of alkyl halides is 3. The van der Waals surface area contributed by atoms with E-state index in [4.69, 9.17) is 5.73 Å². The number of nitrogens with zero attached hydrogens (tertiary/aromatic N) is 4. The number of imidazole rings is 1. The third-order valence-electron chi connectivity index (χ3n) is 5.13. The van der Waals surface area contributed by atoms with E-state index in [0.29, 0.717) is 11.4 Å². The molecular formula is C21H28F3N7O. The van der Waals surface area contributed by atoms with Crippen LogP contribution in [-0.2, 0) is 6.18 Å². The number of nitrogens with two attached hydrogens (primary N) is 1. The van der Waals surface area contributed by atoms with Crippen LogP contribution in [0.5, 0.6) is 0 Å². The minimum absolute atomic E-state index is 0. The second kappa shape index (κ2) is 9.84. The Morgan fingerprint density at radius 2 is 1.69 bits per heavy atom. The lowest BCUT2D eigenvalue weighted by Crippen LogP contribution is -2.40. The predicted octanol–water partition coefficient (Wildman–Crippen LogP) is 4.15. The first-order valence-corrected chi connectivity index (χ1v) is 9.50. The molecule has 4 rings (SSSR count). The molecule has 1 saturated carbocycles. The van der Waals surface area contributed by atoms with Crippen molar-refractivity contribution >= 4 is 23.3 Å². The number of fused-ring (bicyclic) bond motifs is 1. The molecule has 0 radical (unpaired) electrons. The molecule has 0 aliphatic heterocycles. The fraction of sp³-hybridized carbons (Fsp3) is 0.429. The third kappa shape index (κ3) is 5.45. The highest BCUT2D eigenvalue weighted by atomic mass is 19.4. The summed E-state index contributed by atoms with van der Waals surface area (Å²) in [7, 11) is 0. The summed E-state index contributed by atoms with van der Waals surface area (Å²) < 4.78 is 40.3.